The van der Waals surface area contributed by atoms with Crippen LogP contribution in [0.2, 0.25) is 0 Å². The normalized spacial score (nSPS) is 30.3. The van der Waals surface area contributed by atoms with Gasteiger partial charge < -0.3 is 25.8 Å². The number of aliphatic hydroxyl groups is 2. The summed E-state index contributed by atoms with van der Waals surface area (Å²) in [6, 6.07) is -1.57. The molecule has 10 nitrogen and oxygen atoms in total. The fraction of sp³-hybridized carbons (Fsp3) is 0.545. The molecule has 0 amide bonds. The maximum Gasteiger partial charge on any atom is 0.330 e. The van der Waals surface area contributed by atoms with Crippen LogP contribution in [0, 0.1) is 6.92 Å². The van der Waals surface area contributed by atoms with E-state index >= 15 is 0 Å². The predicted octanol–water partition coefficient (Wildman–Crippen LogP) is -3.12. The smallest absolute Gasteiger partial charge is 0.330 e. The van der Waals surface area contributed by atoms with E-state index in [1.54, 1.807) is 0 Å². The second kappa shape index (κ2) is 5.41. The summed E-state index contributed by atoms with van der Waals surface area (Å²) in [5.41, 5.74) is 4.10. The van der Waals surface area contributed by atoms with Gasteiger partial charge in [-0.2, -0.15) is 0 Å². The first-order valence-electron chi connectivity index (χ1n) is 6.06. The van der Waals surface area contributed by atoms with Gasteiger partial charge in [0.05, 0.1) is 0 Å². The summed E-state index contributed by atoms with van der Waals surface area (Å²) in [5.74, 6) is -1.42. The van der Waals surface area contributed by atoms with Gasteiger partial charge in [0, 0.05) is 11.8 Å². The van der Waals surface area contributed by atoms with Crippen LogP contribution in [0.5, 0.6) is 0 Å². The van der Waals surface area contributed by atoms with Gasteiger partial charge in [0.1, 0.15) is 24.4 Å². The Morgan fingerprint density at radius 3 is 2.62 bits per heavy atom. The average Bonchev–Trinajstić information content (AvgIpc) is 2.70. The van der Waals surface area contributed by atoms with Crippen molar-refractivity contribution in [1.82, 2.24) is 9.55 Å². The molecule has 1 aromatic rings. The van der Waals surface area contributed by atoms with Gasteiger partial charge >= 0.3 is 11.7 Å². The van der Waals surface area contributed by atoms with Gasteiger partial charge in [-0.25, -0.2) is 4.79 Å². The lowest BCUT2D eigenvalue weighted by atomic mass is 10.0. The van der Waals surface area contributed by atoms with E-state index < -0.39 is 47.8 Å². The van der Waals surface area contributed by atoms with E-state index in [0.717, 1.165) is 10.8 Å². The Balaban J connectivity index is 2.38. The minimum absolute atomic E-state index is 0.186. The van der Waals surface area contributed by atoms with Crippen LogP contribution in [0.3, 0.4) is 0 Å². The summed E-state index contributed by atoms with van der Waals surface area (Å²) < 4.78 is 6.08. The highest BCUT2D eigenvalue weighted by atomic mass is 16.6. The molecule has 0 aromatic carbocycles. The van der Waals surface area contributed by atoms with Gasteiger partial charge in [-0.05, 0) is 6.92 Å². The third kappa shape index (κ3) is 2.61. The largest absolute Gasteiger partial charge is 0.480 e. The van der Waals surface area contributed by atoms with Crippen molar-refractivity contribution in [3.05, 3.63) is 32.6 Å². The van der Waals surface area contributed by atoms with Crippen molar-refractivity contribution in [2.45, 2.75) is 37.5 Å². The maximum atomic E-state index is 11.7. The molecule has 0 bridgehead atoms. The standard InChI is InChI=1S/C11H15N3O7/c1-3-2-14(11(20)13-8(3)17)9-6(16)5(15)7(21-9)4(12)10(18)19/h2,4-7,9,15-16H,12H2,1H3,(H,18,19)(H,13,17,20)/t4-,5-,6+,7+,9+/m0/s1. The first kappa shape index (κ1) is 15.4. The number of rotatable bonds is 3. The van der Waals surface area contributed by atoms with E-state index in [1.165, 1.54) is 6.92 Å². The molecule has 0 aliphatic carbocycles. The number of carboxylic acid groups (broad SMARTS) is 1. The van der Waals surface area contributed by atoms with Crippen LogP contribution >= 0.6 is 0 Å². The van der Waals surface area contributed by atoms with Crippen molar-refractivity contribution in [3.8, 4) is 0 Å². The summed E-state index contributed by atoms with van der Waals surface area (Å²) in [5, 5.41) is 28.6. The molecule has 2 heterocycles. The van der Waals surface area contributed by atoms with Gasteiger partial charge in [-0.15, -0.1) is 0 Å². The number of aromatic amines is 1. The topological polar surface area (TPSA) is 168 Å². The Labute approximate surface area is 117 Å². The fourth-order valence-corrected chi connectivity index (χ4v) is 2.13. The minimum atomic E-state index is -1.58. The molecular formula is C11H15N3O7. The number of carbonyl (C=O) groups is 1. The van der Waals surface area contributed by atoms with Crippen molar-refractivity contribution in [1.29, 1.82) is 0 Å². The highest BCUT2D eigenvalue weighted by molar-refractivity contribution is 5.74. The molecule has 5 atom stereocenters. The molecule has 116 valence electrons. The molecule has 0 unspecified atom stereocenters. The number of H-pyrrole nitrogens is 1. The Bertz CT molecular complexity index is 667. The maximum absolute atomic E-state index is 11.7. The van der Waals surface area contributed by atoms with Crippen LogP contribution in [-0.4, -0.2) is 55.2 Å². The SMILES string of the molecule is Cc1cn([C@@H]2O[C@H]([C@H](N)C(=O)O)[C@@H](O)[C@H]2O)c(=O)[nH]c1=O. The van der Waals surface area contributed by atoms with Crippen molar-refractivity contribution in [2.75, 3.05) is 0 Å². The molecule has 0 saturated carbocycles. The fourth-order valence-electron chi connectivity index (χ4n) is 2.13. The molecule has 21 heavy (non-hydrogen) atoms. The van der Waals surface area contributed by atoms with Crippen LogP contribution in [-0.2, 0) is 9.53 Å². The van der Waals surface area contributed by atoms with Crippen molar-refractivity contribution >= 4 is 5.97 Å². The Morgan fingerprint density at radius 2 is 2.05 bits per heavy atom. The van der Waals surface area contributed by atoms with Gasteiger partial charge in [-0.1, -0.05) is 0 Å². The third-order valence-electron chi connectivity index (χ3n) is 3.33. The third-order valence-corrected chi connectivity index (χ3v) is 3.33. The number of carboxylic acids is 1. The first-order chi connectivity index (χ1) is 9.73. The molecule has 0 spiro atoms. The van der Waals surface area contributed by atoms with E-state index in [4.69, 9.17) is 15.6 Å². The average molecular weight is 301 g/mol. The van der Waals surface area contributed by atoms with Crippen molar-refractivity contribution in [3.63, 3.8) is 0 Å². The van der Waals surface area contributed by atoms with E-state index in [2.05, 4.69) is 0 Å². The number of nitrogens with zero attached hydrogens (tertiary/aromatic N) is 1. The van der Waals surface area contributed by atoms with E-state index in [-0.39, 0.29) is 5.56 Å². The molecule has 1 aliphatic heterocycles. The molecule has 10 heteroatoms. The van der Waals surface area contributed by atoms with Crippen LogP contribution < -0.4 is 17.0 Å². The zero-order valence-corrected chi connectivity index (χ0v) is 11.0. The highest BCUT2D eigenvalue weighted by Crippen LogP contribution is 2.29. The predicted molar refractivity (Wildman–Crippen MR) is 67.6 cm³/mol. The lowest BCUT2D eigenvalue weighted by Gasteiger charge is -2.18. The lowest BCUT2D eigenvalue weighted by Crippen LogP contribution is -2.48. The number of hydrogen-bond acceptors (Lipinski definition) is 7. The van der Waals surface area contributed by atoms with Gasteiger partial charge in [-0.3, -0.25) is 19.1 Å². The zero-order chi connectivity index (χ0) is 15.9. The molecular weight excluding hydrogens is 286 g/mol. The summed E-state index contributed by atoms with van der Waals surface area (Å²) >= 11 is 0. The number of aromatic nitrogens is 2. The second-order valence-electron chi connectivity index (χ2n) is 4.82. The number of hydrogen-bond donors (Lipinski definition) is 5. The summed E-state index contributed by atoms with van der Waals surface area (Å²) in [7, 11) is 0. The van der Waals surface area contributed by atoms with Gasteiger partial charge in [0.25, 0.3) is 5.56 Å². The molecule has 1 fully saturated rings. The summed E-state index contributed by atoms with van der Waals surface area (Å²) in [6.45, 7) is 1.44. The molecule has 0 radical (unpaired) electrons. The quantitative estimate of drug-likeness (QED) is 0.390. The number of aliphatic carboxylic acids is 1. The molecule has 1 saturated heterocycles. The first-order valence-corrected chi connectivity index (χ1v) is 6.06. The molecule has 2 rings (SSSR count). The molecule has 1 aliphatic rings. The molecule has 1 aromatic heterocycles. The van der Waals surface area contributed by atoms with Crippen LogP contribution in [0.1, 0.15) is 11.8 Å². The van der Waals surface area contributed by atoms with E-state index in [0.29, 0.717) is 0 Å². The Morgan fingerprint density at radius 1 is 1.43 bits per heavy atom. The Hall–Kier alpha value is -2.01. The number of aryl methyl sites for hydroxylation is 1. The number of ether oxygens (including phenoxy) is 1. The minimum Gasteiger partial charge on any atom is -0.480 e. The van der Waals surface area contributed by atoms with Crippen LogP contribution in [0.15, 0.2) is 15.8 Å². The zero-order valence-electron chi connectivity index (χ0n) is 11.0. The monoisotopic (exact) mass is 301 g/mol. The summed E-state index contributed by atoms with van der Waals surface area (Å²) in [6.07, 6.45) is -4.74. The van der Waals surface area contributed by atoms with Crippen molar-refractivity contribution in [2.24, 2.45) is 5.73 Å². The Kier molecular flexibility index (Phi) is 3.96. The highest BCUT2D eigenvalue weighted by Gasteiger charge is 2.48. The van der Waals surface area contributed by atoms with Gasteiger partial charge in [0.2, 0.25) is 0 Å². The van der Waals surface area contributed by atoms with Crippen LogP contribution in [0.4, 0.5) is 0 Å². The number of nitrogens with one attached hydrogen (secondary N) is 1. The van der Waals surface area contributed by atoms with E-state index in [1.807, 2.05) is 4.98 Å². The molecule has 6 N–H and O–H groups in total. The van der Waals surface area contributed by atoms with Gasteiger partial charge in [0.15, 0.2) is 6.23 Å². The second-order valence-corrected chi connectivity index (χ2v) is 4.82. The van der Waals surface area contributed by atoms with Crippen LogP contribution in [0.25, 0.3) is 0 Å². The summed E-state index contributed by atoms with van der Waals surface area (Å²) in [4.78, 5) is 35.9. The number of aliphatic hydroxyl groups excluding tert-OH is 2. The van der Waals surface area contributed by atoms with E-state index in [9.17, 15) is 24.6 Å². The lowest BCUT2D eigenvalue weighted by molar-refractivity contribution is -0.144. The number of nitrogens with two attached hydrogens (primary N) is 1. The van der Waals surface area contributed by atoms with Crippen molar-refractivity contribution < 1.29 is 24.9 Å².